The largest absolute Gasteiger partial charge is 0.435 e. The monoisotopic (exact) mass is 368 g/mol. The van der Waals surface area contributed by atoms with Gasteiger partial charge in [-0.25, -0.2) is 14.1 Å². The van der Waals surface area contributed by atoms with E-state index in [1.165, 1.54) is 6.20 Å². The first-order chi connectivity index (χ1) is 12.3. The molecule has 26 heavy (non-hydrogen) atoms. The highest BCUT2D eigenvalue weighted by molar-refractivity contribution is 5.93. The number of aryl methyl sites for hydroxylation is 1. The van der Waals surface area contributed by atoms with Gasteiger partial charge in [0.25, 0.3) is 5.91 Å². The summed E-state index contributed by atoms with van der Waals surface area (Å²) in [6.07, 6.45) is -1.77. The number of benzene rings is 1. The van der Waals surface area contributed by atoms with E-state index in [2.05, 4.69) is 20.6 Å². The van der Waals surface area contributed by atoms with E-state index in [9.17, 15) is 22.4 Å². The van der Waals surface area contributed by atoms with E-state index in [4.69, 9.17) is 0 Å². The number of imidazole rings is 1. The highest BCUT2D eigenvalue weighted by Crippen LogP contribution is 2.32. The summed E-state index contributed by atoms with van der Waals surface area (Å²) in [5, 5.41) is 9.10. The fourth-order valence-electron chi connectivity index (χ4n) is 2.26. The molecule has 2 aromatic heterocycles. The van der Waals surface area contributed by atoms with Crippen molar-refractivity contribution in [1.29, 1.82) is 0 Å². The van der Waals surface area contributed by atoms with Gasteiger partial charge in [0.15, 0.2) is 11.4 Å². The molecule has 0 spiro atoms. The molecule has 11 heteroatoms. The van der Waals surface area contributed by atoms with Gasteiger partial charge in [0, 0.05) is 19.4 Å². The number of nitrogens with zero attached hydrogens (tertiary/aromatic N) is 5. The first kappa shape index (κ1) is 17.6. The van der Waals surface area contributed by atoms with E-state index >= 15 is 0 Å². The van der Waals surface area contributed by atoms with Crippen LogP contribution in [0.4, 0.5) is 17.6 Å². The van der Waals surface area contributed by atoms with Gasteiger partial charge in [-0.2, -0.15) is 13.2 Å². The summed E-state index contributed by atoms with van der Waals surface area (Å²) in [5.74, 6) is -1.21. The quantitative estimate of drug-likeness (QED) is 0.716. The molecule has 0 saturated carbocycles. The molecule has 0 aliphatic rings. The molecule has 0 atom stereocenters. The Morgan fingerprint density at radius 1 is 1.23 bits per heavy atom. The minimum atomic E-state index is -4.90. The van der Waals surface area contributed by atoms with E-state index < -0.39 is 29.3 Å². The predicted octanol–water partition coefficient (Wildman–Crippen LogP) is 2.09. The molecule has 1 aromatic carbocycles. The topological polar surface area (TPSA) is 77.6 Å². The van der Waals surface area contributed by atoms with Gasteiger partial charge in [-0.1, -0.05) is 5.21 Å². The molecule has 3 rings (SSSR count). The average molecular weight is 368 g/mol. The van der Waals surface area contributed by atoms with Gasteiger partial charge in [0.1, 0.15) is 11.6 Å². The molecule has 0 aliphatic carbocycles. The lowest BCUT2D eigenvalue weighted by Gasteiger charge is -2.11. The molecule has 0 radical (unpaired) electrons. The first-order valence-electron chi connectivity index (χ1n) is 7.30. The minimum Gasteiger partial charge on any atom is -0.343 e. The Morgan fingerprint density at radius 2 is 1.92 bits per heavy atom. The molecule has 1 N–H and O–H groups in total. The molecular formula is C15H12F4N6O. The van der Waals surface area contributed by atoms with E-state index in [-0.39, 0.29) is 12.2 Å². The SMILES string of the molecule is Cn1ccnc1CNC(=O)c1nnn(-c2ccc(F)cc2)c1C(F)(F)F. The van der Waals surface area contributed by atoms with Gasteiger partial charge in [0.05, 0.1) is 12.2 Å². The summed E-state index contributed by atoms with van der Waals surface area (Å²) >= 11 is 0. The van der Waals surface area contributed by atoms with Gasteiger partial charge in [0.2, 0.25) is 0 Å². The summed E-state index contributed by atoms with van der Waals surface area (Å²) in [7, 11) is 1.68. The minimum absolute atomic E-state index is 0.0747. The van der Waals surface area contributed by atoms with Crippen molar-refractivity contribution < 1.29 is 22.4 Å². The van der Waals surface area contributed by atoms with Gasteiger partial charge < -0.3 is 9.88 Å². The zero-order valence-corrected chi connectivity index (χ0v) is 13.3. The number of nitrogens with one attached hydrogen (secondary N) is 1. The molecular weight excluding hydrogens is 356 g/mol. The number of rotatable bonds is 4. The van der Waals surface area contributed by atoms with Crippen LogP contribution in [0.1, 0.15) is 22.0 Å². The maximum absolute atomic E-state index is 13.5. The average Bonchev–Trinajstić information content (AvgIpc) is 3.19. The van der Waals surface area contributed by atoms with Crippen LogP contribution in [-0.4, -0.2) is 30.5 Å². The van der Waals surface area contributed by atoms with Crippen molar-refractivity contribution in [3.05, 3.63) is 59.7 Å². The van der Waals surface area contributed by atoms with Crippen molar-refractivity contribution >= 4 is 5.91 Å². The van der Waals surface area contributed by atoms with Crippen molar-refractivity contribution in [2.24, 2.45) is 7.05 Å². The van der Waals surface area contributed by atoms with Gasteiger partial charge in [-0.3, -0.25) is 4.79 Å². The zero-order chi connectivity index (χ0) is 18.9. The smallest absolute Gasteiger partial charge is 0.343 e. The Kier molecular flexibility index (Phi) is 4.45. The fraction of sp³-hybridized carbons (Fsp3) is 0.200. The maximum atomic E-state index is 13.5. The molecule has 7 nitrogen and oxygen atoms in total. The zero-order valence-electron chi connectivity index (χ0n) is 13.3. The fourth-order valence-corrected chi connectivity index (χ4v) is 2.26. The molecule has 0 unspecified atom stereocenters. The summed E-state index contributed by atoms with van der Waals surface area (Å²) in [5.41, 5.74) is -2.30. The Morgan fingerprint density at radius 3 is 2.50 bits per heavy atom. The third-order valence-electron chi connectivity index (χ3n) is 3.55. The van der Waals surface area contributed by atoms with Crippen LogP contribution >= 0.6 is 0 Å². The van der Waals surface area contributed by atoms with Crippen molar-refractivity contribution in [2.75, 3.05) is 0 Å². The number of amides is 1. The predicted molar refractivity (Wildman–Crippen MR) is 80.7 cm³/mol. The molecule has 0 fully saturated rings. The molecule has 1 amide bonds. The summed E-state index contributed by atoms with van der Waals surface area (Å²) in [4.78, 5) is 16.2. The Labute approximate surface area is 144 Å². The number of alkyl halides is 3. The molecule has 136 valence electrons. The van der Waals surface area contributed by atoms with Crippen LogP contribution in [-0.2, 0) is 19.8 Å². The highest BCUT2D eigenvalue weighted by atomic mass is 19.4. The van der Waals surface area contributed by atoms with E-state index in [1.807, 2.05) is 0 Å². The lowest BCUT2D eigenvalue weighted by molar-refractivity contribution is -0.143. The highest BCUT2D eigenvalue weighted by Gasteiger charge is 2.42. The molecule has 3 aromatic rings. The van der Waals surface area contributed by atoms with Crippen LogP contribution < -0.4 is 5.32 Å². The third-order valence-corrected chi connectivity index (χ3v) is 3.55. The van der Waals surface area contributed by atoms with Crippen LogP contribution in [0.2, 0.25) is 0 Å². The second-order valence-corrected chi connectivity index (χ2v) is 5.31. The van der Waals surface area contributed by atoms with Crippen LogP contribution in [0.5, 0.6) is 0 Å². The van der Waals surface area contributed by atoms with E-state index in [0.717, 1.165) is 24.3 Å². The number of halogens is 4. The van der Waals surface area contributed by atoms with Crippen LogP contribution in [0.3, 0.4) is 0 Å². The third kappa shape index (κ3) is 3.41. The summed E-state index contributed by atoms with van der Waals surface area (Å²) in [6, 6.07) is 4.18. The van der Waals surface area contributed by atoms with E-state index in [0.29, 0.717) is 10.5 Å². The molecule has 0 bridgehead atoms. The number of hydrogen-bond donors (Lipinski definition) is 1. The summed E-state index contributed by atoms with van der Waals surface area (Å²) in [6.45, 7) is -0.0803. The lowest BCUT2D eigenvalue weighted by atomic mass is 10.2. The number of carbonyl (C=O) groups is 1. The second kappa shape index (κ2) is 6.58. The van der Waals surface area contributed by atoms with Gasteiger partial charge in [-0.05, 0) is 24.3 Å². The lowest BCUT2D eigenvalue weighted by Crippen LogP contribution is -2.28. The normalized spacial score (nSPS) is 11.6. The van der Waals surface area contributed by atoms with Crippen molar-refractivity contribution in [1.82, 2.24) is 29.9 Å². The maximum Gasteiger partial charge on any atom is 0.435 e. The van der Waals surface area contributed by atoms with Crippen molar-refractivity contribution in [3.63, 3.8) is 0 Å². The molecule has 0 aliphatic heterocycles. The van der Waals surface area contributed by atoms with Crippen LogP contribution in [0.25, 0.3) is 5.69 Å². The van der Waals surface area contributed by atoms with Crippen LogP contribution in [0, 0.1) is 5.82 Å². The first-order valence-corrected chi connectivity index (χ1v) is 7.30. The molecule has 0 saturated heterocycles. The van der Waals surface area contributed by atoms with Crippen molar-refractivity contribution in [3.8, 4) is 5.69 Å². The molecule has 2 heterocycles. The van der Waals surface area contributed by atoms with Gasteiger partial charge in [-0.15, -0.1) is 5.10 Å². The number of hydrogen-bond acceptors (Lipinski definition) is 4. The Balaban J connectivity index is 1.93. The second-order valence-electron chi connectivity index (χ2n) is 5.31. The van der Waals surface area contributed by atoms with Gasteiger partial charge >= 0.3 is 6.18 Å². The Bertz CT molecular complexity index is 929. The standard InChI is InChI=1S/C15H12F4N6O/c1-24-7-6-20-11(24)8-21-14(26)12-13(15(17,18)19)25(23-22-12)10-4-2-9(16)3-5-10/h2-7H,8H2,1H3,(H,21,26). The number of carbonyl (C=O) groups excluding carboxylic acids is 1. The summed E-state index contributed by atoms with van der Waals surface area (Å²) < 4.78 is 55.5. The van der Waals surface area contributed by atoms with Crippen molar-refractivity contribution in [2.45, 2.75) is 12.7 Å². The Hall–Kier alpha value is -3.24. The van der Waals surface area contributed by atoms with E-state index in [1.54, 1.807) is 17.8 Å². The van der Waals surface area contributed by atoms with Crippen LogP contribution in [0.15, 0.2) is 36.7 Å². The number of aromatic nitrogens is 5.